The van der Waals surface area contributed by atoms with E-state index in [1.165, 1.54) is 6.07 Å². The van der Waals surface area contributed by atoms with Gasteiger partial charge in [-0.05, 0) is 18.9 Å². The van der Waals surface area contributed by atoms with Crippen LogP contribution in [0.15, 0.2) is 18.2 Å². The molecule has 0 aromatic heterocycles. The van der Waals surface area contributed by atoms with E-state index >= 15 is 0 Å². The SMILES string of the molecule is Cc1ccc(C(=O)N2CCN(CC(C)C)CC2)cc1[N+](=O)[O-]. The van der Waals surface area contributed by atoms with Gasteiger partial charge in [0.15, 0.2) is 0 Å². The molecule has 120 valence electrons. The first-order chi connectivity index (χ1) is 10.4. The monoisotopic (exact) mass is 305 g/mol. The van der Waals surface area contributed by atoms with Gasteiger partial charge in [0.05, 0.1) is 4.92 Å². The Hall–Kier alpha value is -1.95. The van der Waals surface area contributed by atoms with Crippen molar-refractivity contribution in [2.24, 2.45) is 5.92 Å². The molecule has 1 aliphatic rings. The Morgan fingerprint density at radius 2 is 1.91 bits per heavy atom. The van der Waals surface area contributed by atoms with Crippen LogP contribution in [0.1, 0.15) is 29.8 Å². The van der Waals surface area contributed by atoms with Gasteiger partial charge in [-0.3, -0.25) is 19.8 Å². The van der Waals surface area contributed by atoms with E-state index in [9.17, 15) is 14.9 Å². The Bertz CT molecular complexity index is 564. The van der Waals surface area contributed by atoms with Gasteiger partial charge in [0.1, 0.15) is 0 Å². The number of hydrogen-bond donors (Lipinski definition) is 0. The summed E-state index contributed by atoms with van der Waals surface area (Å²) in [5, 5.41) is 11.0. The maximum absolute atomic E-state index is 12.5. The van der Waals surface area contributed by atoms with Crippen LogP contribution in [0, 0.1) is 23.0 Å². The van der Waals surface area contributed by atoms with Gasteiger partial charge in [-0.25, -0.2) is 0 Å². The number of nitro benzene ring substituents is 1. The smallest absolute Gasteiger partial charge is 0.273 e. The van der Waals surface area contributed by atoms with E-state index in [1.807, 2.05) is 0 Å². The third kappa shape index (κ3) is 3.82. The van der Waals surface area contributed by atoms with Crippen LogP contribution in [0.3, 0.4) is 0 Å². The van der Waals surface area contributed by atoms with Crippen LogP contribution in [0.4, 0.5) is 5.69 Å². The lowest BCUT2D eigenvalue weighted by molar-refractivity contribution is -0.385. The van der Waals surface area contributed by atoms with E-state index in [1.54, 1.807) is 24.0 Å². The number of amides is 1. The molecule has 1 saturated heterocycles. The topological polar surface area (TPSA) is 66.7 Å². The van der Waals surface area contributed by atoms with Crippen molar-refractivity contribution in [1.82, 2.24) is 9.80 Å². The van der Waals surface area contributed by atoms with Gasteiger partial charge in [-0.1, -0.05) is 19.9 Å². The Labute approximate surface area is 130 Å². The number of carbonyl (C=O) groups excluding carboxylic acids is 1. The molecule has 0 atom stereocenters. The number of nitro groups is 1. The number of nitrogens with zero attached hydrogens (tertiary/aromatic N) is 3. The second-order valence-electron chi connectivity index (χ2n) is 6.25. The molecule has 1 aromatic rings. The molecule has 6 nitrogen and oxygen atoms in total. The minimum absolute atomic E-state index is 0.00398. The molecule has 1 amide bonds. The van der Waals surface area contributed by atoms with Gasteiger partial charge in [-0.15, -0.1) is 0 Å². The summed E-state index contributed by atoms with van der Waals surface area (Å²) in [6, 6.07) is 4.70. The van der Waals surface area contributed by atoms with E-state index in [0.29, 0.717) is 30.1 Å². The van der Waals surface area contributed by atoms with Crippen molar-refractivity contribution >= 4 is 11.6 Å². The zero-order valence-electron chi connectivity index (χ0n) is 13.4. The fourth-order valence-electron chi connectivity index (χ4n) is 2.77. The highest BCUT2D eigenvalue weighted by Gasteiger charge is 2.24. The normalized spacial score (nSPS) is 16.1. The van der Waals surface area contributed by atoms with Crippen molar-refractivity contribution in [2.75, 3.05) is 32.7 Å². The van der Waals surface area contributed by atoms with Crippen LogP contribution < -0.4 is 0 Å². The van der Waals surface area contributed by atoms with Gasteiger partial charge in [0.2, 0.25) is 0 Å². The summed E-state index contributed by atoms with van der Waals surface area (Å²) in [5.41, 5.74) is 0.974. The Kier molecular flexibility index (Phi) is 5.13. The molecular weight excluding hydrogens is 282 g/mol. The molecule has 2 rings (SSSR count). The third-order valence-electron chi connectivity index (χ3n) is 3.94. The Morgan fingerprint density at radius 1 is 1.27 bits per heavy atom. The number of hydrogen-bond acceptors (Lipinski definition) is 4. The van der Waals surface area contributed by atoms with Gasteiger partial charge < -0.3 is 4.90 Å². The fourth-order valence-corrected chi connectivity index (χ4v) is 2.77. The Balaban J connectivity index is 2.04. The molecule has 1 aromatic carbocycles. The van der Waals surface area contributed by atoms with Crippen molar-refractivity contribution in [1.29, 1.82) is 0 Å². The highest BCUT2D eigenvalue weighted by Crippen LogP contribution is 2.20. The average molecular weight is 305 g/mol. The molecule has 0 radical (unpaired) electrons. The largest absolute Gasteiger partial charge is 0.336 e. The summed E-state index contributed by atoms with van der Waals surface area (Å²) >= 11 is 0. The van der Waals surface area contributed by atoms with Gasteiger partial charge >= 0.3 is 0 Å². The van der Waals surface area contributed by atoms with E-state index in [0.717, 1.165) is 19.6 Å². The Morgan fingerprint density at radius 3 is 2.45 bits per heavy atom. The molecule has 0 unspecified atom stereocenters. The number of carbonyl (C=O) groups is 1. The second kappa shape index (κ2) is 6.87. The first-order valence-corrected chi connectivity index (χ1v) is 7.65. The highest BCUT2D eigenvalue weighted by molar-refractivity contribution is 5.95. The van der Waals surface area contributed by atoms with Crippen molar-refractivity contribution in [3.8, 4) is 0 Å². The van der Waals surface area contributed by atoms with Crippen molar-refractivity contribution in [3.63, 3.8) is 0 Å². The fraction of sp³-hybridized carbons (Fsp3) is 0.562. The molecule has 0 bridgehead atoms. The number of aryl methyl sites for hydroxylation is 1. The van der Waals surface area contributed by atoms with Crippen LogP contribution in [-0.4, -0.2) is 53.4 Å². The van der Waals surface area contributed by atoms with Gasteiger partial charge in [-0.2, -0.15) is 0 Å². The van der Waals surface area contributed by atoms with Crippen LogP contribution in [-0.2, 0) is 0 Å². The van der Waals surface area contributed by atoms with Crippen LogP contribution >= 0.6 is 0 Å². The summed E-state index contributed by atoms with van der Waals surface area (Å²) in [4.78, 5) is 27.2. The summed E-state index contributed by atoms with van der Waals surface area (Å²) in [7, 11) is 0. The van der Waals surface area contributed by atoms with E-state index in [2.05, 4.69) is 18.7 Å². The summed E-state index contributed by atoms with van der Waals surface area (Å²) in [5.74, 6) is 0.495. The first-order valence-electron chi connectivity index (χ1n) is 7.65. The summed E-state index contributed by atoms with van der Waals surface area (Å²) in [6.45, 7) is 10.2. The quantitative estimate of drug-likeness (QED) is 0.632. The van der Waals surface area contributed by atoms with E-state index < -0.39 is 4.92 Å². The molecule has 22 heavy (non-hydrogen) atoms. The molecule has 1 aliphatic heterocycles. The van der Waals surface area contributed by atoms with E-state index in [4.69, 9.17) is 0 Å². The maximum atomic E-state index is 12.5. The average Bonchev–Trinajstić information content (AvgIpc) is 2.47. The van der Waals surface area contributed by atoms with E-state index in [-0.39, 0.29) is 11.6 Å². The predicted octanol–water partition coefficient (Wildman–Crippen LogP) is 2.32. The second-order valence-corrected chi connectivity index (χ2v) is 6.25. The highest BCUT2D eigenvalue weighted by atomic mass is 16.6. The molecule has 1 fully saturated rings. The number of benzene rings is 1. The maximum Gasteiger partial charge on any atom is 0.273 e. The third-order valence-corrected chi connectivity index (χ3v) is 3.94. The summed E-state index contributed by atoms with van der Waals surface area (Å²) in [6.07, 6.45) is 0. The number of piperazine rings is 1. The van der Waals surface area contributed by atoms with Crippen molar-refractivity contribution in [3.05, 3.63) is 39.4 Å². The summed E-state index contributed by atoms with van der Waals surface area (Å²) < 4.78 is 0. The van der Waals surface area contributed by atoms with Gasteiger partial charge in [0.25, 0.3) is 11.6 Å². The van der Waals surface area contributed by atoms with Gasteiger partial charge in [0, 0.05) is 49.9 Å². The standard InChI is InChI=1S/C16H23N3O3/c1-12(2)11-17-6-8-18(9-7-17)16(20)14-5-4-13(3)15(10-14)19(21)22/h4-5,10,12H,6-9,11H2,1-3H3. The van der Waals surface area contributed by atoms with Crippen molar-refractivity contribution < 1.29 is 9.72 Å². The molecular formula is C16H23N3O3. The van der Waals surface area contributed by atoms with Crippen LogP contribution in [0.5, 0.6) is 0 Å². The predicted molar refractivity (Wildman–Crippen MR) is 85.0 cm³/mol. The van der Waals surface area contributed by atoms with Crippen LogP contribution in [0.25, 0.3) is 0 Å². The molecule has 0 aliphatic carbocycles. The van der Waals surface area contributed by atoms with Crippen LogP contribution in [0.2, 0.25) is 0 Å². The molecule has 0 spiro atoms. The first kappa shape index (κ1) is 16.4. The van der Waals surface area contributed by atoms with Crippen molar-refractivity contribution in [2.45, 2.75) is 20.8 Å². The molecule has 6 heteroatoms. The minimum Gasteiger partial charge on any atom is -0.336 e. The molecule has 0 N–H and O–H groups in total. The number of rotatable bonds is 4. The molecule has 0 saturated carbocycles. The minimum atomic E-state index is -0.438. The lowest BCUT2D eigenvalue weighted by Crippen LogP contribution is -2.49. The zero-order valence-corrected chi connectivity index (χ0v) is 13.4. The lowest BCUT2D eigenvalue weighted by atomic mass is 10.1. The zero-order chi connectivity index (χ0) is 16.3. The molecule has 1 heterocycles. The lowest BCUT2D eigenvalue weighted by Gasteiger charge is -2.35.